The van der Waals surface area contributed by atoms with Gasteiger partial charge in [-0.25, -0.2) is 9.78 Å². The maximum absolute atomic E-state index is 13.4. The van der Waals surface area contributed by atoms with Gasteiger partial charge in [-0.15, -0.1) is 23.1 Å². The number of nitrogens with one attached hydrogen (secondary N) is 1. The number of thiazole rings is 1. The molecule has 210 valence electrons. The number of rotatable bonds is 9. The number of aryl methyl sites for hydroxylation is 1. The summed E-state index contributed by atoms with van der Waals surface area (Å²) in [4.78, 5) is 49.4. The van der Waals surface area contributed by atoms with Crippen molar-refractivity contribution >= 4 is 58.9 Å². The number of hydrogen-bond donors (Lipinski definition) is 1. The van der Waals surface area contributed by atoms with Gasteiger partial charge in [-0.2, -0.15) is 0 Å². The minimum Gasteiger partial charge on any atom is -0.497 e. The van der Waals surface area contributed by atoms with E-state index in [9.17, 15) is 14.4 Å². The molecule has 2 atom stereocenters. The van der Waals surface area contributed by atoms with Gasteiger partial charge in [0.15, 0.2) is 6.04 Å². The summed E-state index contributed by atoms with van der Waals surface area (Å²) in [5.41, 5.74) is 5.91. The number of methoxy groups -OCH3 is 1. The van der Waals surface area contributed by atoms with Crippen molar-refractivity contribution in [2.45, 2.75) is 31.9 Å². The second-order valence-corrected chi connectivity index (χ2v) is 11.4. The van der Waals surface area contributed by atoms with E-state index < -0.39 is 12.0 Å². The number of benzene rings is 2. The molecule has 0 bridgehead atoms. The topological polar surface area (TPSA) is 110 Å². The fourth-order valence-electron chi connectivity index (χ4n) is 4.35. The van der Waals surface area contributed by atoms with Crippen LogP contribution in [0.25, 0.3) is 6.08 Å². The highest BCUT2D eigenvalue weighted by molar-refractivity contribution is 8.00. The molecule has 9 nitrogen and oxygen atoms in total. The number of nitrogens with zero attached hydrogens (tertiary/aromatic N) is 3. The second-order valence-electron chi connectivity index (χ2n) is 9.37. The van der Waals surface area contributed by atoms with Crippen LogP contribution in [0.2, 0.25) is 0 Å². The fourth-order valence-corrected chi connectivity index (χ4v) is 6.36. The summed E-state index contributed by atoms with van der Waals surface area (Å²) in [6, 6.07) is 13.8. The van der Waals surface area contributed by atoms with Gasteiger partial charge in [-0.3, -0.25) is 19.5 Å². The van der Waals surface area contributed by atoms with Crippen molar-refractivity contribution in [3.05, 3.63) is 93.1 Å². The number of esters is 1. The Morgan fingerprint density at radius 1 is 1.15 bits per heavy atom. The molecule has 1 aromatic heterocycles. The number of aromatic nitrogens is 1. The molecule has 2 aromatic carbocycles. The van der Waals surface area contributed by atoms with Crippen LogP contribution < -0.4 is 10.1 Å². The van der Waals surface area contributed by atoms with Crippen LogP contribution in [0, 0.1) is 6.92 Å². The molecule has 2 amide bonds. The molecule has 1 fully saturated rings. The first-order chi connectivity index (χ1) is 19.8. The maximum atomic E-state index is 13.4. The average Bonchev–Trinajstić information content (AvgIpc) is 3.39. The van der Waals surface area contributed by atoms with Gasteiger partial charge in [0.1, 0.15) is 23.4 Å². The van der Waals surface area contributed by atoms with Gasteiger partial charge < -0.3 is 14.8 Å². The van der Waals surface area contributed by atoms with Crippen molar-refractivity contribution in [2.24, 2.45) is 4.99 Å². The first kappa shape index (κ1) is 28.3. The second kappa shape index (κ2) is 12.5. The van der Waals surface area contributed by atoms with Crippen molar-refractivity contribution in [1.82, 2.24) is 9.88 Å². The number of fused-ring (bicyclic) bond motifs is 1. The van der Waals surface area contributed by atoms with Crippen LogP contribution in [-0.2, 0) is 25.7 Å². The van der Waals surface area contributed by atoms with Gasteiger partial charge in [-0.1, -0.05) is 30.3 Å². The van der Waals surface area contributed by atoms with Crippen LogP contribution in [0.1, 0.15) is 28.6 Å². The Balaban J connectivity index is 1.35. The fraction of sp³-hybridized carbons (Fsp3) is 0.233. The lowest BCUT2D eigenvalue weighted by atomic mass is 10.0. The van der Waals surface area contributed by atoms with Crippen molar-refractivity contribution in [1.29, 1.82) is 0 Å². The number of ether oxygens (including phenoxy) is 2. The van der Waals surface area contributed by atoms with E-state index in [2.05, 4.69) is 15.3 Å². The van der Waals surface area contributed by atoms with Gasteiger partial charge in [0.25, 0.3) is 5.91 Å². The van der Waals surface area contributed by atoms with Crippen LogP contribution in [0.3, 0.4) is 0 Å². The van der Waals surface area contributed by atoms with Crippen molar-refractivity contribution in [2.75, 3.05) is 18.2 Å². The lowest BCUT2D eigenvalue weighted by molar-refractivity contribution is -0.151. The third-order valence-corrected chi connectivity index (χ3v) is 8.71. The highest BCUT2D eigenvalue weighted by Gasteiger charge is 2.53. The number of amides is 2. The van der Waals surface area contributed by atoms with Gasteiger partial charge in [-0.05, 0) is 54.0 Å². The van der Waals surface area contributed by atoms with E-state index in [-0.39, 0.29) is 29.5 Å². The molecule has 0 aliphatic carbocycles. The lowest BCUT2D eigenvalue weighted by Crippen LogP contribution is -2.64. The largest absolute Gasteiger partial charge is 0.497 e. The molecular weight excluding hydrogens is 560 g/mol. The predicted octanol–water partition coefficient (Wildman–Crippen LogP) is 4.83. The van der Waals surface area contributed by atoms with E-state index in [4.69, 9.17) is 9.47 Å². The molecule has 41 heavy (non-hydrogen) atoms. The molecule has 3 aromatic rings. The lowest BCUT2D eigenvalue weighted by Gasteiger charge is -2.47. The average molecular weight is 589 g/mol. The Bertz CT molecular complexity index is 1540. The molecular formula is C30H28N4O5S2. The zero-order chi connectivity index (χ0) is 28.9. The summed E-state index contributed by atoms with van der Waals surface area (Å²) in [7, 11) is 1.59. The molecule has 0 saturated carbocycles. The minimum atomic E-state index is -0.617. The summed E-state index contributed by atoms with van der Waals surface area (Å²) in [6.07, 6.45) is 5.43. The van der Waals surface area contributed by atoms with Gasteiger partial charge >= 0.3 is 5.97 Å². The van der Waals surface area contributed by atoms with Gasteiger partial charge in [0, 0.05) is 29.5 Å². The predicted molar refractivity (Wildman–Crippen MR) is 161 cm³/mol. The number of carbonyl (C=O) groups is 3. The number of allylic oxidation sites excluding steroid dienone is 1. The molecule has 1 N–H and O–H groups in total. The van der Waals surface area contributed by atoms with Crippen LogP contribution in [0.15, 0.2) is 76.4 Å². The van der Waals surface area contributed by atoms with Crippen molar-refractivity contribution in [3.8, 4) is 5.75 Å². The Morgan fingerprint density at radius 3 is 2.56 bits per heavy atom. The summed E-state index contributed by atoms with van der Waals surface area (Å²) < 4.78 is 10.9. The number of β-lactam (4-membered cyclic amide) rings is 1. The van der Waals surface area contributed by atoms with Crippen LogP contribution in [0.5, 0.6) is 5.75 Å². The molecule has 2 aliphatic heterocycles. The normalized spacial score (nSPS) is 18.4. The van der Waals surface area contributed by atoms with E-state index in [1.54, 1.807) is 54.9 Å². The van der Waals surface area contributed by atoms with Crippen molar-refractivity contribution < 1.29 is 23.9 Å². The highest BCUT2D eigenvalue weighted by Crippen LogP contribution is 2.42. The Hall–Kier alpha value is -4.22. The van der Waals surface area contributed by atoms with Crippen molar-refractivity contribution in [3.63, 3.8) is 0 Å². The summed E-state index contributed by atoms with van der Waals surface area (Å²) in [5.74, 6) is 0.263. The van der Waals surface area contributed by atoms with E-state index in [1.807, 2.05) is 43.3 Å². The third-order valence-electron chi connectivity index (χ3n) is 6.53. The first-order valence-electron chi connectivity index (χ1n) is 12.8. The molecule has 3 heterocycles. The minimum absolute atomic E-state index is 0.0627. The standard InChI is InChI=1S/C30H28N4O5S2/c1-18-25(41-17-32-18)13-8-22-16-40-29-26(31-14-20-4-9-23(10-5-20)33-19(2)35)28(36)34(29)27(22)30(37)39-15-21-6-11-24(38-3)12-7-21/h4-14,17,26,29H,15-16H2,1-3H3,(H,33,35)/b13-8-,31-14?. The molecule has 2 aliphatic rings. The van der Waals surface area contributed by atoms with E-state index in [0.29, 0.717) is 22.8 Å². The summed E-state index contributed by atoms with van der Waals surface area (Å²) >= 11 is 3.07. The van der Waals surface area contributed by atoms with E-state index in [1.165, 1.54) is 23.2 Å². The number of anilines is 1. The quantitative estimate of drug-likeness (QED) is 0.217. The molecule has 2 unspecified atom stereocenters. The molecule has 5 rings (SSSR count). The first-order valence-corrected chi connectivity index (χ1v) is 14.7. The third kappa shape index (κ3) is 6.41. The Morgan fingerprint density at radius 2 is 1.90 bits per heavy atom. The molecule has 0 spiro atoms. The summed E-state index contributed by atoms with van der Waals surface area (Å²) in [5, 5.41) is 2.40. The Labute approximate surface area is 246 Å². The zero-order valence-corrected chi connectivity index (χ0v) is 24.3. The maximum Gasteiger partial charge on any atom is 0.355 e. The Kier molecular flexibility index (Phi) is 8.65. The SMILES string of the molecule is COc1ccc(COC(=O)C2=C(/C=C\c3scnc3C)CSC3C(N=Cc4ccc(NC(C)=O)cc4)C(=O)N23)cc1. The highest BCUT2D eigenvalue weighted by atomic mass is 32.2. The molecule has 0 radical (unpaired) electrons. The van der Waals surface area contributed by atoms with E-state index in [0.717, 1.165) is 21.7 Å². The van der Waals surface area contributed by atoms with Gasteiger partial charge in [0.2, 0.25) is 5.91 Å². The van der Waals surface area contributed by atoms with Crippen LogP contribution in [0.4, 0.5) is 5.69 Å². The smallest absolute Gasteiger partial charge is 0.355 e. The molecule has 11 heteroatoms. The summed E-state index contributed by atoms with van der Waals surface area (Å²) in [6.45, 7) is 3.44. The zero-order valence-electron chi connectivity index (χ0n) is 22.7. The number of carbonyl (C=O) groups excluding carboxylic acids is 3. The number of aliphatic imine (C=N–C) groups is 1. The molecule has 1 saturated heterocycles. The van der Waals surface area contributed by atoms with Crippen LogP contribution >= 0.6 is 23.1 Å². The monoisotopic (exact) mass is 588 g/mol. The van der Waals surface area contributed by atoms with Crippen LogP contribution in [-0.4, -0.2) is 58.2 Å². The number of thioether (sulfide) groups is 1. The van der Waals surface area contributed by atoms with Gasteiger partial charge in [0.05, 0.1) is 18.3 Å². The van der Waals surface area contributed by atoms with E-state index >= 15 is 0 Å². The number of hydrogen-bond acceptors (Lipinski definition) is 9.